The average Bonchev–Trinajstić information content (AvgIpc) is 1.05. The SMILES string of the molecule is CCCCCC/C=C\CCCCCCCCCC(=O)O[C@H](COC(=O)CCCCCCC/C=C\CCCCCC)COP(=O)(O)OC[C@H](O)COP(=O)(O)OC[C@@H](COC(=O)CCCCCCC/C=C\CCCCCCCC)OC(=O)CCCCCCC/C=C\CCCCCCCC. The van der Waals surface area contributed by atoms with Gasteiger partial charge < -0.3 is 33.8 Å². The quantitative estimate of drug-likeness (QED) is 0.0169. The zero-order chi connectivity index (χ0) is 71.8. The first kappa shape index (κ1) is 95.0. The molecule has 0 aliphatic rings. The monoisotopic (exact) mass is 1430 g/mol. The molecule has 19 heteroatoms. The van der Waals surface area contributed by atoms with E-state index in [0.717, 1.165) is 167 Å². The van der Waals surface area contributed by atoms with E-state index in [9.17, 15) is 43.2 Å². The average molecular weight is 1430 g/mol. The molecule has 0 radical (unpaired) electrons. The van der Waals surface area contributed by atoms with Gasteiger partial charge in [0.15, 0.2) is 12.2 Å². The summed E-state index contributed by atoms with van der Waals surface area (Å²) in [5, 5.41) is 10.6. The molecule has 0 saturated carbocycles. The van der Waals surface area contributed by atoms with Crippen molar-refractivity contribution in [1.82, 2.24) is 0 Å². The van der Waals surface area contributed by atoms with Crippen LogP contribution >= 0.6 is 15.6 Å². The van der Waals surface area contributed by atoms with Gasteiger partial charge in [0.25, 0.3) is 0 Å². The molecule has 0 amide bonds. The highest BCUT2D eigenvalue weighted by molar-refractivity contribution is 7.47. The minimum absolute atomic E-state index is 0.0886. The van der Waals surface area contributed by atoms with Crippen molar-refractivity contribution >= 4 is 39.5 Å². The Morgan fingerprint density at radius 2 is 0.469 bits per heavy atom. The molecule has 0 fully saturated rings. The molecule has 0 aliphatic heterocycles. The third-order valence-electron chi connectivity index (χ3n) is 17.2. The van der Waals surface area contributed by atoms with Crippen molar-refractivity contribution in [3.05, 3.63) is 48.6 Å². The molecular weight excluding hydrogens is 1280 g/mol. The van der Waals surface area contributed by atoms with E-state index in [4.69, 9.17) is 37.0 Å². The maximum atomic E-state index is 13.1. The van der Waals surface area contributed by atoms with E-state index in [0.29, 0.717) is 25.7 Å². The lowest BCUT2D eigenvalue weighted by molar-refractivity contribution is -0.161. The molecule has 17 nitrogen and oxygen atoms in total. The van der Waals surface area contributed by atoms with Gasteiger partial charge in [-0.3, -0.25) is 37.3 Å². The first-order valence-corrected chi connectivity index (χ1v) is 42.9. The van der Waals surface area contributed by atoms with Crippen LogP contribution < -0.4 is 0 Å². The third kappa shape index (κ3) is 71.4. The normalized spacial score (nSPS) is 14.2. The highest BCUT2D eigenvalue weighted by Gasteiger charge is 2.30. The van der Waals surface area contributed by atoms with Gasteiger partial charge in [-0.25, -0.2) is 9.13 Å². The van der Waals surface area contributed by atoms with Gasteiger partial charge in [-0.1, -0.05) is 269 Å². The third-order valence-corrected chi connectivity index (χ3v) is 19.1. The minimum Gasteiger partial charge on any atom is -0.462 e. The van der Waals surface area contributed by atoms with Gasteiger partial charge in [-0.2, -0.15) is 0 Å². The number of aliphatic hydroxyl groups is 1. The highest BCUT2D eigenvalue weighted by Crippen LogP contribution is 2.45. The second-order valence-corrected chi connectivity index (χ2v) is 29.9. The minimum atomic E-state index is -4.97. The predicted octanol–water partition coefficient (Wildman–Crippen LogP) is 22.9. The largest absolute Gasteiger partial charge is 0.472 e. The zero-order valence-electron chi connectivity index (χ0n) is 62.7. The van der Waals surface area contributed by atoms with Gasteiger partial charge in [0.1, 0.15) is 19.3 Å². The van der Waals surface area contributed by atoms with Gasteiger partial charge in [0, 0.05) is 25.7 Å². The smallest absolute Gasteiger partial charge is 0.462 e. The molecule has 0 aromatic heterocycles. The number of carbonyl (C=O) groups is 4. The van der Waals surface area contributed by atoms with Crippen LogP contribution in [-0.4, -0.2) is 96.7 Å². The van der Waals surface area contributed by atoms with Crippen molar-refractivity contribution in [2.24, 2.45) is 0 Å². The van der Waals surface area contributed by atoms with E-state index >= 15 is 0 Å². The number of rotatable bonds is 76. The van der Waals surface area contributed by atoms with Crippen molar-refractivity contribution in [2.75, 3.05) is 39.6 Å². The maximum absolute atomic E-state index is 13.1. The topological polar surface area (TPSA) is 237 Å². The molecule has 0 aromatic rings. The van der Waals surface area contributed by atoms with Crippen LogP contribution in [0.2, 0.25) is 0 Å². The van der Waals surface area contributed by atoms with Gasteiger partial charge >= 0.3 is 39.5 Å². The lowest BCUT2D eigenvalue weighted by Gasteiger charge is -2.21. The van der Waals surface area contributed by atoms with Crippen molar-refractivity contribution in [1.29, 1.82) is 0 Å². The van der Waals surface area contributed by atoms with Crippen LogP contribution in [0.25, 0.3) is 0 Å². The lowest BCUT2D eigenvalue weighted by atomic mass is 10.1. The lowest BCUT2D eigenvalue weighted by Crippen LogP contribution is -2.30. The summed E-state index contributed by atoms with van der Waals surface area (Å²) in [5.74, 6) is -2.17. The second kappa shape index (κ2) is 72.4. The molecule has 574 valence electrons. The molecule has 0 rings (SSSR count). The number of hydrogen-bond acceptors (Lipinski definition) is 15. The van der Waals surface area contributed by atoms with E-state index in [1.807, 2.05) is 0 Å². The van der Waals surface area contributed by atoms with E-state index in [1.54, 1.807) is 0 Å². The highest BCUT2D eigenvalue weighted by atomic mass is 31.2. The van der Waals surface area contributed by atoms with Crippen LogP contribution in [-0.2, 0) is 65.4 Å². The summed E-state index contributed by atoms with van der Waals surface area (Å²) in [6, 6.07) is 0. The number of phosphoric ester groups is 2. The molecule has 5 atom stereocenters. The van der Waals surface area contributed by atoms with Crippen molar-refractivity contribution < 1.29 is 80.2 Å². The number of esters is 4. The summed E-state index contributed by atoms with van der Waals surface area (Å²) in [7, 11) is -9.94. The van der Waals surface area contributed by atoms with E-state index in [2.05, 4.69) is 76.3 Å². The Labute approximate surface area is 597 Å². The van der Waals surface area contributed by atoms with Gasteiger partial charge in [-0.15, -0.1) is 0 Å². The standard InChI is InChI=1S/C79H146O17P2/c1-5-9-13-17-21-25-29-33-36-40-44-48-52-56-60-64-77(82)90-70-75(96-79(84)66-62-58-54-50-46-42-38-35-31-27-23-19-15-11-7-3)72-94-98(87,88)92-68-73(80)67-91-97(85,86)93-71-74(69-89-76(81)63-59-55-51-47-43-39-32-28-24-20-16-12-8-4)95-78(83)65-61-57-53-49-45-41-37-34-30-26-22-18-14-10-6-2/h26,28,30,32-33,35-36,38,73-75,80H,5-25,27,29,31,34,37,39-72H2,1-4H3,(H,85,86)(H,87,88)/b30-26-,32-28-,36-33-,38-35-/t73-,74+,75+/m0/s1. The molecule has 0 saturated heterocycles. The van der Waals surface area contributed by atoms with Crippen LogP contribution in [0, 0.1) is 0 Å². The van der Waals surface area contributed by atoms with Gasteiger partial charge in [-0.05, 0) is 128 Å². The maximum Gasteiger partial charge on any atom is 0.472 e. The molecule has 0 aliphatic carbocycles. The van der Waals surface area contributed by atoms with E-state index in [-0.39, 0.29) is 25.7 Å². The summed E-state index contributed by atoms with van der Waals surface area (Å²) >= 11 is 0. The molecule has 98 heavy (non-hydrogen) atoms. The predicted molar refractivity (Wildman–Crippen MR) is 400 cm³/mol. The first-order valence-electron chi connectivity index (χ1n) is 39.9. The summed E-state index contributed by atoms with van der Waals surface area (Å²) in [6.07, 6.45) is 69.4. The summed E-state index contributed by atoms with van der Waals surface area (Å²) in [6.45, 7) is 4.88. The Bertz CT molecular complexity index is 2050. The molecule has 0 spiro atoms. The summed E-state index contributed by atoms with van der Waals surface area (Å²) < 4.78 is 68.6. The van der Waals surface area contributed by atoms with E-state index < -0.39 is 97.5 Å². The number of aliphatic hydroxyl groups excluding tert-OH is 1. The van der Waals surface area contributed by atoms with Crippen molar-refractivity contribution in [2.45, 2.75) is 393 Å². The fraction of sp³-hybridized carbons (Fsp3) is 0.848. The molecule has 3 N–H and O–H groups in total. The van der Waals surface area contributed by atoms with Crippen LogP contribution in [0.5, 0.6) is 0 Å². The second-order valence-electron chi connectivity index (χ2n) is 27.0. The van der Waals surface area contributed by atoms with Crippen LogP contribution in [0.15, 0.2) is 48.6 Å². The van der Waals surface area contributed by atoms with Gasteiger partial charge in [0.2, 0.25) is 0 Å². The number of hydrogen-bond donors (Lipinski definition) is 3. The van der Waals surface area contributed by atoms with E-state index in [1.165, 1.54) is 128 Å². The molecule has 0 aromatic carbocycles. The summed E-state index contributed by atoms with van der Waals surface area (Å²) in [4.78, 5) is 72.9. The molecule has 0 bridgehead atoms. The fourth-order valence-corrected chi connectivity index (χ4v) is 12.7. The Hall–Kier alpha value is -2.98. The molecule has 2 unspecified atom stereocenters. The van der Waals surface area contributed by atoms with Crippen LogP contribution in [0.3, 0.4) is 0 Å². The van der Waals surface area contributed by atoms with Crippen LogP contribution in [0.4, 0.5) is 0 Å². The molecule has 0 heterocycles. The summed E-state index contributed by atoms with van der Waals surface area (Å²) in [5.41, 5.74) is 0. The Morgan fingerprint density at radius 3 is 0.714 bits per heavy atom. The zero-order valence-corrected chi connectivity index (χ0v) is 64.5. The number of allylic oxidation sites excluding steroid dienone is 8. The van der Waals surface area contributed by atoms with Crippen LogP contribution in [0.1, 0.15) is 374 Å². The Kier molecular flexibility index (Phi) is 70.2. The number of ether oxygens (including phenoxy) is 4. The number of phosphoric acid groups is 2. The Balaban J connectivity index is 5.33. The molecular formula is C79H146O17P2. The Morgan fingerprint density at radius 1 is 0.276 bits per heavy atom. The number of unbranched alkanes of at least 4 members (excludes halogenated alkanes) is 42. The first-order chi connectivity index (χ1) is 47.7. The van der Waals surface area contributed by atoms with Gasteiger partial charge in [0.05, 0.1) is 26.4 Å². The fourth-order valence-electron chi connectivity index (χ4n) is 11.1. The van der Waals surface area contributed by atoms with Crippen molar-refractivity contribution in [3.8, 4) is 0 Å². The van der Waals surface area contributed by atoms with Crippen molar-refractivity contribution in [3.63, 3.8) is 0 Å². The number of carbonyl (C=O) groups excluding carboxylic acids is 4.